The van der Waals surface area contributed by atoms with Crippen LogP contribution >= 0.6 is 27.7 Å². The highest BCUT2D eigenvalue weighted by Gasteiger charge is 2.08. The van der Waals surface area contributed by atoms with E-state index in [-0.39, 0.29) is 5.82 Å². The van der Waals surface area contributed by atoms with Crippen LogP contribution < -0.4 is 5.32 Å². The number of benzene rings is 1. The van der Waals surface area contributed by atoms with Gasteiger partial charge in [0.05, 0.1) is 4.47 Å². The van der Waals surface area contributed by atoms with Crippen molar-refractivity contribution in [3.63, 3.8) is 0 Å². The van der Waals surface area contributed by atoms with Crippen LogP contribution in [0.2, 0.25) is 0 Å². The molecule has 1 atom stereocenters. The van der Waals surface area contributed by atoms with E-state index >= 15 is 0 Å². The maximum atomic E-state index is 13.1. The van der Waals surface area contributed by atoms with Gasteiger partial charge in [0.25, 0.3) is 0 Å². The second kappa shape index (κ2) is 7.30. The second-order valence-corrected chi connectivity index (χ2v) is 5.56. The van der Waals surface area contributed by atoms with E-state index in [1.54, 1.807) is 0 Å². The first-order valence-electron chi connectivity index (χ1n) is 5.27. The normalized spacial score (nSPS) is 12.8. The van der Waals surface area contributed by atoms with Gasteiger partial charge in [0.1, 0.15) is 5.82 Å². The predicted octanol–water partition coefficient (Wildman–Crippen LogP) is 3.47. The summed E-state index contributed by atoms with van der Waals surface area (Å²) in [4.78, 5) is 0. The number of hydrogen-bond acceptors (Lipinski definition) is 2. The summed E-state index contributed by atoms with van der Waals surface area (Å²) in [5.74, 6) is 0.947. The quantitative estimate of drug-likeness (QED) is 0.863. The second-order valence-electron chi connectivity index (χ2n) is 3.72. The standard InChI is InChI=1S/C12H17BrFNS/c1-15-10(5-6-16-2)7-9-3-4-12(14)11(13)8-9/h3-4,8,10,15H,5-7H2,1-2H3. The van der Waals surface area contributed by atoms with Crippen LogP contribution in [0.5, 0.6) is 0 Å². The van der Waals surface area contributed by atoms with Crippen molar-refractivity contribution in [2.45, 2.75) is 18.9 Å². The molecule has 0 aliphatic carbocycles. The van der Waals surface area contributed by atoms with E-state index in [0.29, 0.717) is 10.5 Å². The maximum Gasteiger partial charge on any atom is 0.137 e. The summed E-state index contributed by atoms with van der Waals surface area (Å²) in [7, 11) is 1.98. The molecule has 0 amide bonds. The van der Waals surface area contributed by atoms with Gasteiger partial charge in [-0.3, -0.25) is 0 Å². The van der Waals surface area contributed by atoms with Crippen molar-refractivity contribution in [2.24, 2.45) is 0 Å². The van der Waals surface area contributed by atoms with Gasteiger partial charge in [0, 0.05) is 6.04 Å². The number of halogens is 2. The van der Waals surface area contributed by atoms with Crippen LogP contribution in [0.25, 0.3) is 0 Å². The minimum Gasteiger partial charge on any atom is -0.317 e. The van der Waals surface area contributed by atoms with Crippen LogP contribution in [-0.4, -0.2) is 25.1 Å². The summed E-state index contributed by atoms with van der Waals surface area (Å²) < 4.78 is 13.6. The van der Waals surface area contributed by atoms with Crippen molar-refractivity contribution < 1.29 is 4.39 Å². The molecule has 0 heterocycles. The van der Waals surface area contributed by atoms with Gasteiger partial charge in [-0.2, -0.15) is 11.8 Å². The maximum absolute atomic E-state index is 13.1. The lowest BCUT2D eigenvalue weighted by molar-refractivity contribution is 0.546. The Hall–Kier alpha value is -0.0600. The first kappa shape index (κ1) is 14.0. The monoisotopic (exact) mass is 305 g/mol. The first-order chi connectivity index (χ1) is 7.67. The molecule has 1 rings (SSSR count). The zero-order chi connectivity index (χ0) is 12.0. The van der Waals surface area contributed by atoms with Gasteiger partial charge in [-0.1, -0.05) is 6.07 Å². The summed E-state index contributed by atoms with van der Waals surface area (Å²) in [5, 5.41) is 3.30. The third-order valence-corrected chi connectivity index (χ3v) is 3.80. The number of rotatable bonds is 6. The molecular weight excluding hydrogens is 289 g/mol. The Bertz CT molecular complexity index is 333. The minimum absolute atomic E-state index is 0.200. The average molecular weight is 306 g/mol. The Morgan fingerprint density at radius 2 is 2.25 bits per heavy atom. The van der Waals surface area contributed by atoms with Crippen molar-refractivity contribution in [3.8, 4) is 0 Å². The van der Waals surface area contributed by atoms with Crippen LogP contribution in [0.3, 0.4) is 0 Å². The lowest BCUT2D eigenvalue weighted by atomic mass is 10.0. The molecule has 90 valence electrons. The molecule has 0 aromatic heterocycles. The molecule has 1 aromatic rings. The Labute approximate surface area is 109 Å². The smallest absolute Gasteiger partial charge is 0.137 e. The van der Waals surface area contributed by atoms with Gasteiger partial charge in [0.2, 0.25) is 0 Å². The van der Waals surface area contributed by atoms with Gasteiger partial charge < -0.3 is 5.32 Å². The molecule has 0 radical (unpaired) electrons. The molecule has 0 aliphatic rings. The van der Waals surface area contributed by atoms with Gasteiger partial charge in [-0.15, -0.1) is 0 Å². The van der Waals surface area contributed by atoms with Gasteiger partial charge in [-0.25, -0.2) is 4.39 Å². The fraction of sp³-hybridized carbons (Fsp3) is 0.500. The Morgan fingerprint density at radius 3 is 2.81 bits per heavy atom. The molecule has 16 heavy (non-hydrogen) atoms. The molecule has 0 bridgehead atoms. The van der Waals surface area contributed by atoms with Crippen molar-refractivity contribution in [1.82, 2.24) is 5.32 Å². The zero-order valence-electron chi connectivity index (χ0n) is 9.59. The number of hydrogen-bond donors (Lipinski definition) is 1. The Kier molecular flexibility index (Phi) is 6.39. The van der Waals surface area contributed by atoms with Crippen molar-refractivity contribution in [2.75, 3.05) is 19.1 Å². The first-order valence-corrected chi connectivity index (χ1v) is 7.46. The third-order valence-electron chi connectivity index (χ3n) is 2.54. The largest absolute Gasteiger partial charge is 0.317 e. The molecule has 1 nitrogen and oxygen atoms in total. The van der Waals surface area contributed by atoms with Crippen molar-refractivity contribution >= 4 is 27.7 Å². The Balaban J connectivity index is 2.59. The van der Waals surface area contributed by atoms with E-state index in [1.807, 2.05) is 30.9 Å². The van der Waals surface area contributed by atoms with E-state index in [4.69, 9.17) is 0 Å². The highest BCUT2D eigenvalue weighted by atomic mass is 79.9. The van der Waals surface area contributed by atoms with Crippen molar-refractivity contribution in [1.29, 1.82) is 0 Å². The fourth-order valence-corrected chi connectivity index (χ4v) is 2.51. The molecule has 1 unspecified atom stereocenters. The Morgan fingerprint density at radius 1 is 1.50 bits per heavy atom. The van der Waals surface area contributed by atoms with Crippen LogP contribution in [-0.2, 0) is 6.42 Å². The molecule has 4 heteroatoms. The zero-order valence-corrected chi connectivity index (χ0v) is 12.0. The lowest BCUT2D eigenvalue weighted by Gasteiger charge is -2.15. The number of likely N-dealkylation sites (N-methyl/N-ethyl adjacent to an activating group) is 1. The minimum atomic E-state index is -0.200. The SMILES string of the molecule is CNC(CCSC)Cc1ccc(F)c(Br)c1. The molecule has 0 aliphatic heterocycles. The summed E-state index contributed by atoms with van der Waals surface area (Å²) in [6, 6.07) is 5.69. The highest BCUT2D eigenvalue weighted by molar-refractivity contribution is 9.10. The molecule has 1 aromatic carbocycles. The lowest BCUT2D eigenvalue weighted by Crippen LogP contribution is -2.28. The molecular formula is C12H17BrFNS. The molecule has 0 saturated carbocycles. The molecule has 1 N–H and O–H groups in total. The van der Waals surface area contributed by atoms with E-state index in [2.05, 4.69) is 27.5 Å². The predicted molar refractivity (Wildman–Crippen MR) is 73.7 cm³/mol. The molecule has 0 fully saturated rings. The van der Waals surface area contributed by atoms with Gasteiger partial charge in [-0.05, 0) is 65.5 Å². The topological polar surface area (TPSA) is 12.0 Å². The van der Waals surface area contributed by atoms with Gasteiger partial charge >= 0.3 is 0 Å². The summed E-state index contributed by atoms with van der Waals surface area (Å²) >= 11 is 5.06. The van der Waals surface area contributed by atoms with Crippen molar-refractivity contribution in [3.05, 3.63) is 34.1 Å². The summed E-state index contributed by atoms with van der Waals surface area (Å²) in [6.07, 6.45) is 4.18. The van der Waals surface area contributed by atoms with Crippen LogP contribution in [0.1, 0.15) is 12.0 Å². The highest BCUT2D eigenvalue weighted by Crippen LogP contribution is 2.18. The molecule has 0 saturated heterocycles. The number of thioether (sulfide) groups is 1. The number of nitrogens with one attached hydrogen (secondary N) is 1. The van der Waals surface area contributed by atoms with E-state index in [1.165, 1.54) is 6.07 Å². The molecule has 0 spiro atoms. The summed E-state index contributed by atoms with van der Waals surface area (Å²) in [5.41, 5.74) is 1.16. The van der Waals surface area contributed by atoms with E-state index in [0.717, 1.165) is 24.2 Å². The summed E-state index contributed by atoms with van der Waals surface area (Å²) in [6.45, 7) is 0. The fourth-order valence-electron chi connectivity index (χ4n) is 1.56. The van der Waals surface area contributed by atoms with E-state index < -0.39 is 0 Å². The van der Waals surface area contributed by atoms with Crippen LogP contribution in [0.15, 0.2) is 22.7 Å². The third kappa shape index (κ3) is 4.44. The van der Waals surface area contributed by atoms with Crippen LogP contribution in [0.4, 0.5) is 4.39 Å². The van der Waals surface area contributed by atoms with Gasteiger partial charge in [0.15, 0.2) is 0 Å². The van der Waals surface area contributed by atoms with Crippen LogP contribution in [0, 0.1) is 5.82 Å². The van der Waals surface area contributed by atoms with E-state index in [9.17, 15) is 4.39 Å². The average Bonchev–Trinajstić information content (AvgIpc) is 2.29.